The molecule has 1 aliphatic heterocycles. The van der Waals surface area contributed by atoms with Crippen molar-refractivity contribution < 1.29 is 33.7 Å². The summed E-state index contributed by atoms with van der Waals surface area (Å²) in [6.45, 7) is 6.55. The van der Waals surface area contributed by atoms with Crippen LogP contribution in [0.1, 0.15) is 57.1 Å². The van der Waals surface area contributed by atoms with Crippen LogP contribution in [0.25, 0.3) is 0 Å². The lowest BCUT2D eigenvalue weighted by Crippen LogP contribution is -2.56. The van der Waals surface area contributed by atoms with Crippen molar-refractivity contribution in [1.29, 1.82) is 0 Å². The summed E-state index contributed by atoms with van der Waals surface area (Å²) in [6, 6.07) is 8.34. The van der Waals surface area contributed by atoms with Crippen molar-refractivity contribution in [2.45, 2.75) is 76.9 Å². The Hall–Kier alpha value is -3.14. The molecule has 3 aliphatic rings. The molecule has 41 heavy (non-hydrogen) atoms. The highest BCUT2D eigenvalue weighted by molar-refractivity contribution is 5.96. The Labute approximate surface area is 241 Å². The van der Waals surface area contributed by atoms with Gasteiger partial charge in [-0.3, -0.25) is 9.59 Å². The second-order valence-electron chi connectivity index (χ2n) is 12.0. The third kappa shape index (κ3) is 6.22. The number of carbonyl (C=O) groups is 2. The van der Waals surface area contributed by atoms with Crippen LogP contribution < -0.4 is 10.1 Å². The number of carbonyl (C=O) groups excluding carboxylic acids is 2. The fraction of sp³-hybridized carbons (Fsp3) is 0.562. The van der Waals surface area contributed by atoms with Crippen molar-refractivity contribution in [3.8, 4) is 5.75 Å². The monoisotopic (exact) mass is 566 g/mol. The summed E-state index contributed by atoms with van der Waals surface area (Å²) in [5.74, 6) is 0.818. The molecule has 0 unspecified atom stereocenters. The molecule has 1 aromatic heterocycles. The molecule has 0 spiro atoms. The van der Waals surface area contributed by atoms with Gasteiger partial charge in [0.2, 0.25) is 11.8 Å². The standard InChI is InChI=1S/C32H42N2O7/c1-19(2)22-9-8-20(3)14-27(22)40-18-28(36)34(16-21-10-13-39-17-21)25-15-24(32(38)33-11-12-35)29-23-6-4-5-7-26(23)41-31(29)30(25)37/h4-7,10,13,15,17,19-20,22,25,27,29-31,35,37H,8-9,11-12,14,16,18H2,1-3H3,(H,33,38)/t20-,22+,25+,27-,29-,30-,31-/m0/s1. The fourth-order valence-electron chi connectivity index (χ4n) is 6.70. The van der Waals surface area contributed by atoms with Gasteiger partial charge < -0.3 is 34.3 Å². The van der Waals surface area contributed by atoms with Crippen LogP contribution in [0.5, 0.6) is 5.75 Å². The Morgan fingerprint density at radius 1 is 1.20 bits per heavy atom. The number of nitrogens with one attached hydrogen (secondary N) is 1. The van der Waals surface area contributed by atoms with E-state index < -0.39 is 24.2 Å². The minimum absolute atomic E-state index is 0.0119. The molecular weight excluding hydrogens is 524 g/mol. The molecule has 7 atom stereocenters. The number of fused-ring (bicyclic) bond motifs is 3. The third-order valence-corrected chi connectivity index (χ3v) is 8.87. The van der Waals surface area contributed by atoms with Crippen molar-refractivity contribution in [1.82, 2.24) is 10.2 Å². The molecular formula is C32H42N2O7. The summed E-state index contributed by atoms with van der Waals surface area (Å²) >= 11 is 0. The molecule has 1 fully saturated rings. The number of furan rings is 1. The van der Waals surface area contributed by atoms with E-state index in [1.165, 1.54) is 0 Å². The predicted molar refractivity (Wildman–Crippen MR) is 152 cm³/mol. The minimum Gasteiger partial charge on any atom is -0.486 e. The normalized spacial score (nSPS) is 28.8. The summed E-state index contributed by atoms with van der Waals surface area (Å²) in [4.78, 5) is 28.9. The highest BCUT2D eigenvalue weighted by atomic mass is 16.5. The molecule has 0 bridgehead atoms. The summed E-state index contributed by atoms with van der Waals surface area (Å²) < 4.78 is 17.8. The lowest BCUT2D eigenvalue weighted by atomic mass is 9.75. The number of hydrogen-bond acceptors (Lipinski definition) is 7. The fourth-order valence-corrected chi connectivity index (χ4v) is 6.70. The highest BCUT2D eigenvalue weighted by Gasteiger charge is 2.50. The molecule has 222 valence electrons. The molecule has 2 heterocycles. The van der Waals surface area contributed by atoms with Crippen molar-refractivity contribution in [3.63, 3.8) is 0 Å². The van der Waals surface area contributed by atoms with Gasteiger partial charge in [0.15, 0.2) is 0 Å². The maximum absolute atomic E-state index is 13.9. The summed E-state index contributed by atoms with van der Waals surface area (Å²) in [7, 11) is 0. The van der Waals surface area contributed by atoms with Gasteiger partial charge in [-0.2, -0.15) is 0 Å². The Balaban J connectivity index is 1.45. The molecule has 2 aliphatic carbocycles. The molecule has 2 amide bonds. The zero-order valence-electron chi connectivity index (χ0n) is 24.1. The predicted octanol–water partition coefficient (Wildman–Crippen LogP) is 3.41. The van der Waals surface area contributed by atoms with E-state index in [4.69, 9.17) is 13.9 Å². The van der Waals surface area contributed by atoms with Gasteiger partial charge in [-0.15, -0.1) is 0 Å². The number of rotatable bonds is 10. The molecule has 2 aromatic rings. The summed E-state index contributed by atoms with van der Waals surface area (Å²) in [5.41, 5.74) is 1.97. The first-order valence-electron chi connectivity index (χ1n) is 14.7. The molecule has 1 aromatic carbocycles. The molecule has 9 heteroatoms. The van der Waals surface area contributed by atoms with E-state index in [1.807, 2.05) is 24.3 Å². The minimum atomic E-state index is -1.10. The Kier molecular flexibility index (Phi) is 9.16. The SMILES string of the molecule is CC(C)[C@H]1CC[C@H](C)C[C@@H]1OCC(=O)N(Cc1ccoc1)[C@@H]1C=C(C(=O)NCCO)[C@@H]2c3ccccc3O[C@@H]2[C@H]1O. The van der Waals surface area contributed by atoms with Crippen LogP contribution in [0.15, 0.2) is 58.9 Å². The summed E-state index contributed by atoms with van der Waals surface area (Å²) in [6.07, 6.45) is 6.06. The number of benzene rings is 1. The number of hydrogen-bond donors (Lipinski definition) is 3. The van der Waals surface area contributed by atoms with E-state index in [-0.39, 0.29) is 44.2 Å². The maximum Gasteiger partial charge on any atom is 0.249 e. The van der Waals surface area contributed by atoms with Crippen molar-refractivity contribution in [2.75, 3.05) is 19.8 Å². The second-order valence-corrected chi connectivity index (χ2v) is 12.0. The average Bonchev–Trinajstić information content (AvgIpc) is 3.62. The smallest absolute Gasteiger partial charge is 0.249 e. The van der Waals surface area contributed by atoms with Gasteiger partial charge in [-0.05, 0) is 48.8 Å². The van der Waals surface area contributed by atoms with E-state index in [0.29, 0.717) is 29.1 Å². The van der Waals surface area contributed by atoms with Crippen LogP contribution in [0.3, 0.4) is 0 Å². The van der Waals surface area contributed by atoms with Gasteiger partial charge in [-0.1, -0.05) is 45.4 Å². The van der Waals surface area contributed by atoms with Crippen LogP contribution in [-0.2, 0) is 20.9 Å². The van der Waals surface area contributed by atoms with Crippen LogP contribution in [0.4, 0.5) is 0 Å². The van der Waals surface area contributed by atoms with E-state index >= 15 is 0 Å². The second kappa shape index (κ2) is 12.8. The van der Waals surface area contributed by atoms with Gasteiger partial charge in [-0.25, -0.2) is 0 Å². The van der Waals surface area contributed by atoms with E-state index in [1.54, 1.807) is 29.6 Å². The zero-order chi connectivity index (χ0) is 29.1. The van der Waals surface area contributed by atoms with Crippen LogP contribution in [0, 0.1) is 17.8 Å². The summed E-state index contributed by atoms with van der Waals surface area (Å²) in [5, 5.41) is 23.8. The largest absolute Gasteiger partial charge is 0.486 e. The highest BCUT2D eigenvalue weighted by Crippen LogP contribution is 2.47. The first-order chi connectivity index (χ1) is 19.8. The maximum atomic E-state index is 13.9. The molecule has 0 radical (unpaired) electrons. The van der Waals surface area contributed by atoms with Crippen molar-refractivity contribution in [3.05, 3.63) is 65.6 Å². The van der Waals surface area contributed by atoms with E-state index in [9.17, 15) is 19.8 Å². The number of aliphatic hydroxyl groups is 2. The van der Waals surface area contributed by atoms with Gasteiger partial charge in [0, 0.05) is 29.8 Å². The first kappa shape index (κ1) is 29.4. The van der Waals surface area contributed by atoms with Crippen molar-refractivity contribution >= 4 is 11.8 Å². The Bertz CT molecular complexity index is 1230. The topological polar surface area (TPSA) is 121 Å². The Morgan fingerprint density at radius 3 is 2.73 bits per heavy atom. The van der Waals surface area contributed by atoms with Gasteiger partial charge in [0.25, 0.3) is 0 Å². The van der Waals surface area contributed by atoms with Crippen molar-refractivity contribution in [2.24, 2.45) is 17.8 Å². The number of aliphatic hydroxyl groups excluding tert-OH is 2. The quantitative estimate of drug-likeness (QED) is 0.403. The third-order valence-electron chi connectivity index (χ3n) is 8.87. The Morgan fingerprint density at radius 2 is 2.00 bits per heavy atom. The van der Waals surface area contributed by atoms with Gasteiger partial charge >= 0.3 is 0 Å². The van der Waals surface area contributed by atoms with Gasteiger partial charge in [0.05, 0.1) is 37.2 Å². The van der Waals surface area contributed by atoms with E-state index in [2.05, 4.69) is 26.1 Å². The lowest BCUT2D eigenvalue weighted by Gasteiger charge is -2.41. The molecule has 0 saturated heterocycles. The number of para-hydroxylation sites is 1. The number of nitrogens with zero attached hydrogens (tertiary/aromatic N) is 1. The zero-order valence-corrected chi connectivity index (χ0v) is 24.1. The van der Waals surface area contributed by atoms with Crippen LogP contribution in [0.2, 0.25) is 0 Å². The average molecular weight is 567 g/mol. The molecule has 1 saturated carbocycles. The molecule has 9 nitrogen and oxygen atoms in total. The number of amides is 2. The van der Waals surface area contributed by atoms with Crippen LogP contribution >= 0.6 is 0 Å². The first-order valence-corrected chi connectivity index (χ1v) is 14.7. The van der Waals surface area contributed by atoms with Gasteiger partial charge in [0.1, 0.15) is 24.6 Å². The molecule has 3 N–H and O–H groups in total. The lowest BCUT2D eigenvalue weighted by molar-refractivity contribution is -0.148. The molecule has 5 rings (SSSR count). The van der Waals surface area contributed by atoms with E-state index in [0.717, 1.165) is 30.4 Å². The van der Waals surface area contributed by atoms with Crippen LogP contribution in [-0.4, -0.2) is 71.0 Å². The number of ether oxygens (including phenoxy) is 2.